The molecule has 0 bridgehead atoms. The highest BCUT2D eigenvalue weighted by atomic mass is 16.5. The number of rotatable bonds is 2. The summed E-state index contributed by atoms with van der Waals surface area (Å²) in [5.41, 5.74) is 0.852. The predicted molar refractivity (Wildman–Crippen MR) is 73.8 cm³/mol. The lowest BCUT2D eigenvalue weighted by Gasteiger charge is -2.18. The van der Waals surface area contributed by atoms with E-state index in [1.54, 1.807) is 6.20 Å². The Morgan fingerprint density at radius 1 is 1.25 bits per heavy atom. The summed E-state index contributed by atoms with van der Waals surface area (Å²) in [6.45, 7) is 2.02. The van der Waals surface area contributed by atoms with Crippen molar-refractivity contribution < 1.29 is 4.52 Å². The number of hydrogen-bond acceptors (Lipinski definition) is 5. The van der Waals surface area contributed by atoms with E-state index in [2.05, 4.69) is 20.4 Å². The lowest BCUT2D eigenvalue weighted by molar-refractivity contribution is 0.319. The molecule has 1 aliphatic heterocycles. The molecule has 6 nitrogen and oxygen atoms in total. The fraction of sp³-hybridized carbons (Fsp3) is 0.357. The van der Waals surface area contributed by atoms with Gasteiger partial charge >= 0.3 is 0 Å². The van der Waals surface area contributed by atoms with Gasteiger partial charge in [0.15, 0.2) is 0 Å². The molecule has 0 spiro atoms. The van der Waals surface area contributed by atoms with Gasteiger partial charge in [-0.2, -0.15) is 4.98 Å². The minimum Gasteiger partial charge on any atom is -0.337 e. The van der Waals surface area contributed by atoms with E-state index in [1.165, 1.54) is 0 Å². The molecular formula is C14H15N5O. The predicted octanol–water partition coefficient (Wildman–Crippen LogP) is 1.88. The Hall–Kier alpha value is -2.21. The van der Waals surface area contributed by atoms with E-state index in [9.17, 15) is 0 Å². The third kappa shape index (κ3) is 1.89. The molecule has 1 N–H and O–H groups in total. The standard InChI is InChI=1S/C14H15N5O/c1-2-10-5-9-19(12(10)16-6-1)14-17-13(20-18-14)11-3-7-15-8-4-11/h1-2,5-6,9,11,15H,3-4,7-8H2. The Kier molecular flexibility index (Phi) is 2.74. The van der Waals surface area contributed by atoms with Crippen LogP contribution in [0.3, 0.4) is 0 Å². The largest absolute Gasteiger partial charge is 0.337 e. The van der Waals surface area contributed by atoms with Crippen LogP contribution in [-0.4, -0.2) is 32.8 Å². The molecule has 0 amide bonds. The molecule has 0 aromatic carbocycles. The molecule has 1 saturated heterocycles. The second-order valence-electron chi connectivity index (χ2n) is 5.06. The molecule has 4 heterocycles. The van der Waals surface area contributed by atoms with Crippen molar-refractivity contribution in [2.45, 2.75) is 18.8 Å². The molecule has 0 aliphatic carbocycles. The number of fused-ring (bicyclic) bond motifs is 1. The zero-order valence-corrected chi connectivity index (χ0v) is 11.0. The third-order valence-corrected chi connectivity index (χ3v) is 3.78. The molecule has 3 aromatic rings. The van der Waals surface area contributed by atoms with E-state index in [0.29, 0.717) is 11.9 Å². The molecular weight excluding hydrogens is 254 g/mol. The van der Waals surface area contributed by atoms with E-state index in [4.69, 9.17) is 4.52 Å². The van der Waals surface area contributed by atoms with Gasteiger partial charge in [-0.3, -0.25) is 4.57 Å². The summed E-state index contributed by atoms with van der Waals surface area (Å²) < 4.78 is 7.30. The van der Waals surface area contributed by atoms with Crippen molar-refractivity contribution in [2.24, 2.45) is 0 Å². The van der Waals surface area contributed by atoms with Gasteiger partial charge in [0.2, 0.25) is 5.89 Å². The highest BCUT2D eigenvalue weighted by Crippen LogP contribution is 2.25. The SMILES string of the molecule is c1cnc2c(c1)ccn2-c1noc(C2CCNCC2)n1. The van der Waals surface area contributed by atoms with Gasteiger partial charge in [0, 0.05) is 23.7 Å². The average Bonchev–Trinajstić information content (AvgIpc) is 3.14. The van der Waals surface area contributed by atoms with Crippen LogP contribution in [0.2, 0.25) is 0 Å². The molecule has 4 rings (SSSR count). The van der Waals surface area contributed by atoms with Gasteiger partial charge in [-0.25, -0.2) is 4.98 Å². The van der Waals surface area contributed by atoms with Crippen LogP contribution in [0, 0.1) is 0 Å². The van der Waals surface area contributed by atoms with E-state index < -0.39 is 0 Å². The van der Waals surface area contributed by atoms with Gasteiger partial charge < -0.3 is 9.84 Å². The fourth-order valence-electron chi connectivity index (χ4n) is 2.69. The first-order valence-electron chi connectivity index (χ1n) is 6.88. The highest BCUT2D eigenvalue weighted by Gasteiger charge is 2.22. The second-order valence-corrected chi connectivity index (χ2v) is 5.06. The highest BCUT2D eigenvalue weighted by molar-refractivity contribution is 5.77. The third-order valence-electron chi connectivity index (χ3n) is 3.78. The topological polar surface area (TPSA) is 68.8 Å². The summed E-state index contributed by atoms with van der Waals surface area (Å²) in [7, 11) is 0. The Bertz CT molecular complexity index is 726. The monoisotopic (exact) mass is 269 g/mol. The summed E-state index contributed by atoms with van der Waals surface area (Å²) in [4.78, 5) is 8.91. The number of aromatic nitrogens is 4. The van der Waals surface area contributed by atoms with Gasteiger partial charge in [-0.05, 0) is 49.3 Å². The van der Waals surface area contributed by atoms with Crippen LogP contribution in [0.5, 0.6) is 0 Å². The number of piperidine rings is 1. The molecule has 0 saturated carbocycles. The smallest absolute Gasteiger partial charge is 0.275 e. The van der Waals surface area contributed by atoms with Gasteiger partial charge in [-0.15, -0.1) is 0 Å². The van der Waals surface area contributed by atoms with Crippen molar-refractivity contribution in [3.63, 3.8) is 0 Å². The van der Waals surface area contributed by atoms with E-state index in [0.717, 1.165) is 42.9 Å². The van der Waals surface area contributed by atoms with E-state index >= 15 is 0 Å². The van der Waals surface area contributed by atoms with Crippen molar-refractivity contribution in [1.82, 2.24) is 25.0 Å². The second kappa shape index (κ2) is 4.72. The lowest BCUT2D eigenvalue weighted by Crippen LogP contribution is -2.26. The van der Waals surface area contributed by atoms with Crippen LogP contribution >= 0.6 is 0 Å². The maximum atomic E-state index is 5.44. The number of nitrogens with zero attached hydrogens (tertiary/aromatic N) is 4. The normalized spacial score (nSPS) is 16.8. The molecule has 0 unspecified atom stereocenters. The summed E-state index contributed by atoms with van der Waals surface area (Å²) in [5, 5.41) is 8.51. The lowest BCUT2D eigenvalue weighted by atomic mass is 9.98. The first-order valence-corrected chi connectivity index (χ1v) is 6.88. The van der Waals surface area contributed by atoms with Crippen molar-refractivity contribution in [2.75, 3.05) is 13.1 Å². The van der Waals surface area contributed by atoms with Crippen LogP contribution in [0.15, 0.2) is 35.1 Å². The maximum Gasteiger partial charge on any atom is 0.275 e. The summed E-state index contributed by atoms with van der Waals surface area (Å²) >= 11 is 0. The number of pyridine rings is 1. The first kappa shape index (κ1) is 11.6. The quantitative estimate of drug-likeness (QED) is 0.769. The Morgan fingerprint density at radius 3 is 3.05 bits per heavy atom. The Balaban J connectivity index is 1.70. The Labute approximate surface area is 115 Å². The minimum atomic E-state index is 0.368. The zero-order valence-electron chi connectivity index (χ0n) is 11.0. The molecule has 0 radical (unpaired) electrons. The van der Waals surface area contributed by atoms with Gasteiger partial charge in [0.25, 0.3) is 5.95 Å². The fourth-order valence-corrected chi connectivity index (χ4v) is 2.69. The molecule has 6 heteroatoms. The minimum absolute atomic E-state index is 0.368. The summed E-state index contributed by atoms with van der Waals surface area (Å²) in [6, 6.07) is 5.94. The molecule has 3 aromatic heterocycles. The van der Waals surface area contributed by atoms with Crippen LogP contribution in [0.4, 0.5) is 0 Å². The van der Waals surface area contributed by atoms with E-state index in [-0.39, 0.29) is 0 Å². The van der Waals surface area contributed by atoms with Crippen molar-refractivity contribution >= 4 is 11.0 Å². The molecule has 1 aliphatic rings. The average molecular weight is 269 g/mol. The molecule has 1 fully saturated rings. The maximum absolute atomic E-state index is 5.44. The van der Waals surface area contributed by atoms with Crippen LogP contribution in [-0.2, 0) is 0 Å². The van der Waals surface area contributed by atoms with Crippen molar-refractivity contribution in [3.05, 3.63) is 36.5 Å². The zero-order chi connectivity index (χ0) is 13.4. The van der Waals surface area contributed by atoms with Gasteiger partial charge in [0.05, 0.1) is 0 Å². The van der Waals surface area contributed by atoms with Crippen LogP contribution in [0.25, 0.3) is 17.0 Å². The van der Waals surface area contributed by atoms with Gasteiger partial charge in [0.1, 0.15) is 5.65 Å². The molecule has 20 heavy (non-hydrogen) atoms. The number of nitrogens with one attached hydrogen (secondary N) is 1. The molecule has 102 valence electrons. The molecule has 0 atom stereocenters. The van der Waals surface area contributed by atoms with Crippen molar-refractivity contribution in [3.8, 4) is 5.95 Å². The van der Waals surface area contributed by atoms with Crippen LogP contribution in [0.1, 0.15) is 24.7 Å². The van der Waals surface area contributed by atoms with Crippen molar-refractivity contribution in [1.29, 1.82) is 0 Å². The summed E-state index contributed by atoms with van der Waals surface area (Å²) in [6.07, 6.45) is 5.79. The van der Waals surface area contributed by atoms with E-state index in [1.807, 2.05) is 29.0 Å². The van der Waals surface area contributed by atoms with Crippen LogP contribution < -0.4 is 5.32 Å². The number of hydrogen-bond donors (Lipinski definition) is 1. The Morgan fingerprint density at radius 2 is 2.15 bits per heavy atom. The summed E-state index contributed by atoms with van der Waals surface area (Å²) in [5.74, 6) is 1.67. The first-order chi connectivity index (χ1) is 9.92. The van der Waals surface area contributed by atoms with Gasteiger partial charge in [-0.1, -0.05) is 0 Å².